The fourth-order valence-electron chi connectivity index (χ4n) is 2.91. The molecule has 0 bridgehead atoms. The number of hydrogen-bond acceptors (Lipinski definition) is 6. The minimum absolute atomic E-state index is 0.0536. The molecule has 0 radical (unpaired) electrons. The van der Waals surface area contributed by atoms with Crippen LogP contribution < -0.4 is 0 Å². The molecule has 150 valence electrons. The maximum Gasteiger partial charge on any atom is 0.302 e. The van der Waals surface area contributed by atoms with Crippen LogP contribution in [0.5, 0.6) is 0 Å². The van der Waals surface area contributed by atoms with Crippen molar-refractivity contribution in [3.8, 4) is 0 Å². The highest BCUT2D eigenvalue weighted by molar-refractivity contribution is 6.74. The van der Waals surface area contributed by atoms with E-state index in [1.165, 1.54) is 6.92 Å². The smallest absolute Gasteiger partial charge is 0.302 e. The number of carbonyl (C=O) groups excluding carboxylic acids is 1. The van der Waals surface area contributed by atoms with Crippen LogP contribution in [-0.4, -0.2) is 50.5 Å². The molecular weight excluding hydrogens is 354 g/mol. The summed E-state index contributed by atoms with van der Waals surface area (Å²) in [6.07, 6.45) is -2.44. The topological polar surface area (TPSA) is 114 Å². The number of nitrogens with zero attached hydrogens (tertiary/aromatic N) is 3. The van der Waals surface area contributed by atoms with Gasteiger partial charge < -0.3 is 19.0 Å². The van der Waals surface area contributed by atoms with E-state index in [4.69, 9.17) is 19.4 Å². The van der Waals surface area contributed by atoms with Crippen LogP contribution in [0.1, 0.15) is 41.5 Å². The zero-order valence-electron chi connectivity index (χ0n) is 17.1. The summed E-state index contributed by atoms with van der Waals surface area (Å²) >= 11 is 0. The standard InChI is InChI=1S/C17H33N3O5Si/c1-10(2)17(5,6)26(7,8)25-16-14(19-20-18)11(3)15(22)13(24-16)9-23-12(4)21/h10-11,13-16,22H,9H2,1-8H3/t11-,13?,14?,15+,16+/m1/s1. The van der Waals surface area contributed by atoms with E-state index in [0.717, 1.165) is 0 Å². The van der Waals surface area contributed by atoms with Gasteiger partial charge in [-0.2, -0.15) is 0 Å². The highest BCUT2D eigenvalue weighted by Gasteiger charge is 2.50. The third-order valence-corrected chi connectivity index (χ3v) is 10.6. The Morgan fingerprint density at radius 1 is 1.42 bits per heavy atom. The second-order valence-electron chi connectivity index (χ2n) is 8.40. The van der Waals surface area contributed by atoms with Gasteiger partial charge in [0.1, 0.15) is 12.7 Å². The predicted octanol–water partition coefficient (Wildman–Crippen LogP) is 3.61. The first-order valence-electron chi connectivity index (χ1n) is 9.04. The van der Waals surface area contributed by atoms with Gasteiger partial charge in [-0.3, -0.25) is 4.79 Å². The lowest BCUT2D eigenvalue weighted by molar-refractivity contribution is -0.230. The van der Waals surface area contributed by atoms with Crippen LogP contribution in [0.15, 0.2) is 5.11 Å². The Labute approximate surface area is 157 Å². The Bertz CT molecular complexity index is 549. The maximum atomic E-state index is 11.1. The van der Waals surface area contributed by atoms with Crippen LogP contribution in [0.3, 0.4) is 0 Å². The summed E-state index contributed by atoms with van der Waals surface area (Å²) in [4.78, 5) is 14.0. The van der Waals surface area contributed by atoms with E-state index in [1.54, 1.807) is 6.92 Å². The Morgan fingerprint density at radius 2 is 2.00 bits per heavy atom. The fourth-order valence-corrected chi connectivity index (χ4v) is 5.38. The monoisotopic (exact) mass is 387 g/mol. The van der Waals surface area contributed by atoms with E-state index in [9.17, 15) is 9.90 Å². The van der Waals surface area contributed by atoms with Crippen molar-refractivity contribution in [1.82, 2.24) is 0 Å². The minimum Gasteiger partial charge on any atom is -0.463 e. The summed E-state index contributed by atoms with van der Waals surface area (Å²) in [6.45, 7) is 15.9. The van der Waals surface area contributed by atoms with Gasteiger partial charge in [-0.25, -0.2) is 0 Å². The van der Waals surface area contributed by atoms with E-state index in [1.807, 2.05) is 0 Å². The fraction of sp³-hybridized carbons (Fsp3) is 0.941. The van der Waals surface area contributed by atoms with E-state index in [-0.39, 0.29) is 11.6 Å². The molecule has 0 aromatic rings. The zero-order valence-corrected chi connectivity index (χ0v) is 18.1. The van der Waals surface area contributed by atoms with Gasteiger partial charge in [-0.1, -0.05) is 39.7 Å². The number of aliphatic hydroxyl groups is 1. The van der Waals surface area contributed by atoms with Gasteiger partial charge >= 0.3 is 5.97 Å². The van der Waals surface area contributed by atoms with Gasteiger partial charge in [0, 0.05) is 11.8 Å². The van der Waals surface area contributed by atoms with Crippen molar-refractivity contribution in [3.63, 3.8) is 0 Å². The van der Waals surface area contributed by atoms with Crippen molar-refractivity contribution >= 4 is 14.3 Å². The Kier molecular flexibility index (Phi) is 7.68. The molecule has 1 N–H and O–H groups in total. The molecule has 9 heteroatoms. The number of ether oxygens (including phenoxy) is 2. The van der Waals surface area contributed by atoms with Gasteiger partial charge in [0.2, 0.25) is 0 Å². The molecule has 1 rings (SSSR count). The molecule has 8 nitrogen and oxygen atoms in total. The lowest BCUT2D eigenvalue weighted by atomic mass is 9.89. The first kappa shape index (κ1) is 22.9. The quantitative estimate of drug-likeness (QED) is 0.236. The number of aliphatic hydroxyl groups excluding tert-OH is 1. The summed E-state index contributed by atoms with van der Waals surface area (Å²) in [5.41, 5.74) is 8.94. The summed E-state index contributed by atoms with van der Waals surface area (Å²) < 4.78 is 17.3. The van der Waals surface area contributed by atoms with E-state index in [0.29, 0.717) is 5.92 Å². The molecule has 2 unspecified atom stereocenters. The lowest BCUT2D eigenvalue weighted by Gasteiger charge is -2.48. The molecule has 0 spiro atoms. The molecule has 0 aromatic carbocycles. The highest BCUT2D eigenvalue weighted by atomic mass is 28.4. The van der Waals surface area contributed by atoms with Crippen LogP contribution in [-0.2, 0) is 18.7 Å². The maximum absolute atomic E-state index is 11.1. The number of esters is 1. The van der Waals surface area contributed by atoms with Gasteiger partial charge in [-0.15, -0.1) is 0 Å². The first-order valence-corrected chi connectivity index (χ1v) is 11.9. The number of azide groups is 1. The van der Waals surface area contributed by atoms with E-state index in [2.05, 4.69) is 50.8 Å². The van der Waals surface area contributed by atoms with Crippen LogP contribution >= 0.6 is 0 Å². The Balaban J connectivity index is 3.09. The van der Waals surface area contributed by atoms with Crippen molar-refractivity contribution < 1.29 is 23.8 Å². The van der Waals surface area contributed by atoms with E-state index >= 15 is 0 Å². The van der Waals surface area contributed by atoms with Gasteiger partial charge in [0.25, 0.3) is 0 Å². The molecule has 0 aliphatic carbocycles. The molecule has 5 atom stereocenters. The molecule has 1 aliphatic rings. The van der Waals surface area contributed by atoms with Gasteiger partial charge in [0.05, 0.1) is 12.1 Å². The Hall–Kier alpha value is -1.12. The van der Waals surface area contributed by atoms with Crippen molar-refractivity contribution in [2.24, 2.45) is 17.0 Å². The first-order chi connectivity index (χ1) is 11.8. The average molecular weight is 388 g/mol. The SMILES string of the molecule is CC(=O)OCC1O[C@@H](O[Si](C)(C)C(C)(C)C(C)C)C(N=[N+]=[N-])[C@@H](C)[C@@H]1O. The summed E-state index contributed by atoms with van der Waals surface area (Å²) in [5, 5.41) is 14.2. The Morgan fingerprint density at radius 3 is 2.46 bits per heavy atom. The molecule has 1 heterocycles. The second kappa shape index (κ2) is 8.71. The molecular formula is C17H33N3O5Si. The van der Waals surface area contributed by atoms with Crippen LogP contribution in [0.4, 0.5) is 0 Å². The summed E-state index contributed by atoms with van der Waals surface area (Å²) in [5.74, 6) is -0.443. The molecule has 0 amide bonds. The lowest BCUT2D eigenvalue weighted by Crippen LogP contribution is -2.59. The molecule has 26 heavy (non-hydrogen) atoms. The predicted molar refractivity (Wildman–Crippen MR) is 101 cm³/mol. The van der Waals surface area contributed by atoms with Gasteiger partial charge in [-0.05, 0) is 35.5 Å². The number of rotatable bonds is 7. The van der Waals surface area contributed by atoms with E-state index < -0.39 is 44.7 Å². The third kappa shape index (κ3) is 4.98. The third-order valence-electron chi connectivity index (χ3n) is 6.09. The highest BCUT2D eigenvalue weighted by Crippen LogP contribution is 2.46. The van der Waals surface area contributed by atoms with Crippen LogP contribution in [0, 0.1) is 11.8 Å². The molecule has 0 saturated carbocycles. The molecule has 1 fully saturated rings. The summed E-state index contributed by atoms with van der Waals surface area (Å²) in [6, 6.07) is -0.654. The minimum atomic E-state index is -2.28. The van der Waals surface area contributed by atoms with Crippen molar-refractivity contribution in [2.75, 3.05) is 6.61 Å². The van der Waals surface area contributed by atoms with Crippen LogP contribution in [0.25, 0.3) is 10.4 Å². The average Bonchev–Trinajstić information content (AvgIpc) is 2.52. The summed E-state index contributed by atoms with van der Waals surface area (Å²) in [7, 11) is -2.28. The molecule has 1 saturated heterocycles. The number of hydrogen-bond donors (Lipinski definition) is 1. The van der Waals surface area contributed by atoms with Crippen LogP contribution in [0.2, 0.25) is 18.1 Å². The van der Waals surface area contributed by atoms with Crippen molar-refractivity contribution in [1.29, 1.82) is 0 Å². The number of carbonyl (C=O) groups is 1. The van der Waals surface area contributed by atoms with Crippen molar-refractivity contribution in [3.05, 3.63) is 10.4 Å². The largest absolute Gasteiger partial charge is 0.463 e. The normalized spacial score (nSPS) is 30.0. The molecule has 1 aliphatic heterocycles. The zero-order chi connectivity index (χ0) is 20.3. The second-order valence-corrected chi connectivity index (χ2v) is 12.9. The molecule has 0 aromatic heterocycles. The van der Waals surface area contributed by atoms with Crippen molar-refractivity contribution in [2.45, 2.75) is 84.2 Å². The van der Waals surface area contributed by atoms with Gasteiger partial charge in [0.15, 0.2) is 14.6 Å².